The van der Waals surface area contributed by atoms with E-state index >= 15 is 0 Å². The van der Waals surface area contributed by atoms with E-state index < -0.39 is 12.0 Å². The number of rotatable bonds is 7. The van der Waals surface area contributed by atoms with Gasteiger partial charge >= 0.3 is 5.97 Å². The van der Waals surface area contributed by atoms with Gasteiger partial charge in [-0.2, -0.15) is 0 Å². The zero-order valence-electron chi connectivity index (χ0n) is 11.9. The van der Waals surface area contributed by atoms with E-state index in [9.17, 15) is 9.59 Å². The van der Waals surface area contributed by atoms with Gasteiger partial charge < -0.3 is 20.1 Å². The first-order valence-electron chi connectivity index (χ1n) is 6.83. The summed E-state index contributed by atoms with van der Waals surface area (Å²) in [7, 11) is 1.56. The van der Waals surface area contributed by atoms with E-state index in [2.05, 4.69) is 12.2 Å². The molecule has 0 bridgehead atoms. The van der Waals surface area contributed by atoms with Crippen LogP contribution in [0.3, 0.4) is 0 Å². The molecule has 0 aromatic heterocycles. The third kappa shape index (κ3) is 3.91. The Morgan fingerprint density at radius 2 is 2.11 bits per heavy atom. The quantitative estimate of drug-likeness (QED) is 0.698. The molecule has 0 aromatic rings. The van der Waals surface area contributed by atoms with Crippen molar-refractivity contribution in [3.8, 4) is 0 Å². The molecule has 1 aliphatic heterocycles. The van der Waals surface area contributed by atoms with Crippen LogP contribution < -0.4 is 5.32 Å². The lowest BCUT2D eigenvalue weighted by atomic mass is 10.0. The molecule has 6 heteroatoms. The summed E-state index contributed by atoms with van der Waals surface area (Å²) in [6.07, 6.45) is 1.39. The Bertz CT molecular complexity index is 322. The van der Waals surface area contributed by atoms with Gasteiger partial charge in [0.05, 0.1) is 19.1 Å². The number of ether oxygens (including phenoxy) is 1. The summed E-state index contributed by atoms with van der Waals surface area (Å²) >= 11 is 0. The topological polar surface area (TPSA) is 78.9 Å². The van der Waals surface area contributed by atoms with Crippen LogP contribution in [0, 0.1) is 5.92 Å². The molecule has 1 fully saturated rings. The average Bonchev–Trinajstić information content (AvgIpc) is 2.83. The molecule has 1 saturated heterocycles. The van der Waals surface area contributed by atoms with Crippen molar-refractivity contribution in [2.45, 2.75) is 38.8 Å². The van der Waals surface area contributed by atoms with Crippen LogP contribution in [0.5, 0.6) is 0 Å². The first kappa shape index (κ1) is 15.9. The van der Waals surface area contributed by atoms with Crippen LogP contribution in [0.1, 0.15) is 26.7 Å². The monoisotopic (exact) mass is 272 g/mol. The van der Waals surface area contributed by atoms with Crippen molar-refractivity contribution in [2.24, 2.45) is 5.92 Å². The third-order valence-electron chi connectivity index (χ3n) is 3.54. The first-order valence-corrected chi connectivity index (χ1v) is 6.83. The van der Waals surface area contributed by atoms with Crippen LogP contribution in [0.15, 0.2) is 0 Å². The van der Waals surface area contributed by atoms with Crippen LogP contribution in [0.4, 0.5) is 0 Å². The van der Waals surface area contributed by atoms with E-state index in [1.165, 1.54) is 4.90 Å². The van der Waals surface area contributed by atoms with Crippen LogP contribution in [-0.2, 0) is 14.3 Å². The van der Waals surface area contributed by atoms with Gasteiger partial charge in [-0.25, -0.2) is 4.79 Å². The smallest absolute Gasteiger partial charge is 0.326 e. The number of carboxylic acid groups (broad SMARTS) is 1. The van der Waals surface area contributed by atoms with Gasteiger partial charge in [-0.05, 0) is 19.4 Å². The molecule has 0 radical (unpaired) electrons. The molecule has 3 unspecified atom stereocenters. The van der Waals surface area contributed by atoms with E-state index in [1.54, 1.807) is 14.0 Å². The maximum Gasteiger partial charge on any atom is 0.326 e. The highest BCUT2D eigenvalue weighted by Gasteiger charge is 2.38. The molecule has 0 aromatic carbocycles. The van der Waals surface area contributed by atoms with Crippen molar-refractivity contribution in [2.75, 3.05) is 26.8 Å². The second kappa shape index (κ2) is 7.45. The predicted octanol–water partition coefficient (Wildman–Crippen LogP) is 0.323. The first-order chi connectivity index (χ1) is 9.02. The van der Waals surface area contributed by atoms with Gasteiger partial charge in [0.1, 0.15) is 6.04 Å². The van der Waals surface area contributed by atoms with Crippen molar-refractivity contribution in [3.05, 3.63) is 0 Å². The van der Waals surface area contributed by atoms with Crippen molar-refractivity contribution in [3.63, 3.8) is 0 Å². The van der Waals surface area contributed by atoms with Gasteiger partial charge in [-0.15, -0.1) is 0 Å². The van der Waals surface area contributed by atoms with Gasteiger partial charge in [0.2, 0.25) is 5.91 Å². The maximum absolute atomic E-state index is 12.4. The van der Waals surface area contributed by atoms with E-state index in [-0.39, 0.29) is 17.9 Å². The molecule has 0 saturated carbocycles. The van der Waals surface area contributed by atoms with E-state index in [0.29, 0.717) is 19.6 Å². The van der Waals surface area contributed by atoms with Crippen LogP contribution in [0.25, 0.3) is 0 Å². The maximum atomic E-state index is 12.4. The molecule has 3 atom stereocenters. The zero-order valence-corrected chi connectivity index (χ0v) is 11.9. The average molecular weight is 272 g/mol. The molecule has 19 heavy (non-hydrogen) atoms. The Balaban J connectivity index is 2.66. The molecule has 0 aliphatic carbocycles. The van der Waals surface area contributed by atoms with Crippen molar-refractivity contribution < 1.29 is 19.4 Å². The van der Waals surface area contributed by atoms with E-state index in [1.807, 2.05) is 0 Å². The summed E-state index contributed by atoms with van der Waals surface area (Å²) in [4.78, 5) is 24.8. The summed E-state index contributed by atoms with van der Waals surface area (Å²) in [5, 5.41) is 12.4. The number of nitrogens with one attached hydrogen (secondary N) is 1. The minimum Gasteiger partial charge on any atom is -0.480 e. The van der Waals surface area contributed by atoms with Crippen LogP contribution in [0.2, 0.25) is 0 Å². The van der Waals surface area contributed by atoms with Gasteiger partial charge in [0.25, 0.3) is 0 Å². The number of aliphatic carboxylic acids is 1. The number of carbonyl (C=O) groups is 2. The summed E-state index contributed by atoms with van der Waals surface area (Å²) in [5.74, 6) is -1.40. The predicted molar refractivity (Wildman–Crippen MR) is 70.9 cm³/mol. The standard InChI is InChI=1S/C13H24N2O4/c1-4-6-14-10-8-19-7-9(10)12(16)15(3)11(5-2)13(17)18/h9-11,14H,4-8H2,1-3H3,(H,17,18). The summed E-state index contributed by atoms with van der Waals surface area (Å²) < 4.78 is 5.35. The Hall–Kier alpha value is -1.14. The third-order valence-corrected chi connectivity index (χ3v) is 3.54. The number of carboxylic acids is 1. The number of likely N-dealkylation sites (N-methyl/N-ethyl adjacent to an activating group) is 1. The molecule has 110 valence electrons. The molecule has 1 aliphatic rings. The molecule has 1 rings (SSSR count). The van der Waals surface area contributed by atoms with Gasteiger partial charge in [-0.1, -0.05) is 13.8 Å². The SMILES string of the molecule is CCCNC1COCC1C(=O)N(C)C(CC)C(=O)O. The molecule has 0 spiro atoms. The Morgan fingerprint density at radius 3 is 2.63 bits per heavy atom. The molecular weight excluding hydrogens is 248 g/mol. The minimum atomic E-state index is -0.963. The number of hydrogen-bond acceptors (Lipinski definition) is 4. The molecule has 1 amide bonds. The largest absolute Gasteiger partial charge is 0.480 e. The fourth-order valence-corrected chi connectivity index (χ4v) is 2.36. The highest BCUT2D eigenvalue weighted by molar-refractivity contribution is 5.85. The number of carbonyl (C=O) groups excluding carboxylic acids is 1. The number of hydrogen-bond donors (Lipinski definition) is 2. The lowest BCUT2D eigenvalue weighted by Crippen LogP contribution is -2.49. The van der Waals surface area contributed by atoms with Gasteiger partial charge in [-0.3, -0.25) is 4.79 Å². The summed E-state index contributed by atoms with van der Waals surface area (Å²) in [6, 6.07) is -0.777. The van der Waals surface area contributed by atoms with Crippen molar-refractivity contribution in [1.82, 2.24) is 10.2 Å². The van der Waals surface area contributed by atoms with Crippen molar-refractivity contribution in [1.29, 1.82) is 0 Å². The second-order valence-electron chi connectivity index (χ2n) is 4.92. The Kier molecular flexibility index (Phi) is 6.24. The van der Waals surface area contributed by atoms with Gasteiger partial charge in [0, 0.05) is 13.1 Å². The molecule has 2 N–H and O–H groups in total. The fraction of sp³-hybridized carbons (Fsp3) is 0.846. The molecule has 6 nitrogen and oxygen atoms in total. The zero-order chi connectivity index (χ0) is 14.4. The van der Waals surface area contributed by atoms with E-state index in [0.717, 1.165) is 13.0 Å². The van der Waals surface area contributed by atoms with Crippen LogP contribution in [-0.4, -0.2) is 60.8 Å². The highest BCUT2D eigenvalue weighted by atomic mass is 16.5. The second-order valence-corrected chi connectivity index (χ2v) is 4.92. The Morgan fingerprint density at radius 1 is 1.42 bits per heavy atom. The number of amides is 1. The number of nitrogens with zero attached hydrogens (tertiary/aromatic N) is 1. The Labute approximate surface area is 114 Å². The molecule has 1 heterocycles. The summed E-state index contributed by atoms with van der Waals surface area (Å²) in [6.45, 7) is 5.52. The fourth-order valence-electron chi connectivity index (χ4n) is 2.36. The normalized spacial score (nSPS) is 24.2. The van der Waals surface area contributed by atoms with Crippen molar-refractivity contribution >= 4 is 11.9 Å². The lowest BCUT2D eigenvalue weighted by molar-refractivity contribution is -0.151. The summed E-state index contributed by atoms with van der Waals surface area (Å²) in [5.41, 5.74) is 0. The van der Waals surface area contributed by atoms with E-state index in [4.69, 9.17) is 9.84 Å². The molecular formula is C13H24N2O4. The minimum absolute atomic E-state index is 0.0128. The highest BCUT2D eigenvalue weighted by Crippen LogP contribution is 2.18. The van der Waals surface area contributed by atoms with Crippen LogP contribution >= 0.6 is 0 Å². The van der Waals surface area contributed by atoms with Gasteiger partial charge in [0.15, 0.2) is 0 Å². The lowest BCUT2D eigenvalue weighted by Gasteiger charge is -2.28.